The fourth-order valence-electron chi connectivity index (χ4n) is 6.20. The minimum Gasteiger partial charge on any atom is -0.483 e. The molecule has 0 spiro atoms. The first-order valence-corrected chi connectivity index (χ1v) is 16.2. The molecule has 10 heteroatoms. The Morgan fingerprint density at radius 3 is 2.45 bits per heavy atom. The fraction of sp³-hybridized carbons (Fsp3) is 0.351. The van der Waals surface area contributed by atoms with E-state index in [4.69, 9.17) is 20.4 Å². The quantitative estimate of drug-likeness (QED) is 0.156. The van der Waals surface area contributed by atoms with Gasteiger partial charge in [-0.3, -0.25) is 14.5 Å². The van der Waals surface area contributed by atoms with Gasteiger partial charge in [-0.05, 0) is 80.9 Å². The fourth-order valence-corrected chi connectivity index (χ4v) is 6.20. The second-order valence-electron chi connectivity index (χ2n) is 11.8. The van der Waals surface area contributed by atoms with Crippen molar-refractivity contribution in [3.8, 4) is 34.5 Å². The van der Waals surface area contributed by atoms with Crippen molar-refractivity contribution in [1.29, 1.82) is 0 Å². The smallest absolute Gasteiger partial charge is 0.290 e. The molecule has 0 bridgehead atoms. The highest BCUT2D eigenvalue weighted by Crippen LogP contribution is 2.37. The summed E-state index contributed by atoms with van der Waals surface area (Å²) in [6, 6.07) is 17.7. The van der Waals surface area contributed by atoms with Gasteiger partial charge in [0.1, 0.15) is 35.0 Å². The molecule has 1 unspecified atom stereocenters. The molecule has 6 rings (SSSR count). The van der Waals surface area contributed by atoms with Crippen LogP contribution in [0, 0.1) is 17.8 Å². The molecule has 244 valence electrons. The number of hydrogen-bond donors (Lipinski definition) is 2. The van der Waals surface area contributed by atoms with Crippen molar-refractivity contribution in [1.82, 2.24) is 24.3 Å². The van der Waals surface area contributed by atoms with Crippen LogP contribution in [0.5, 0.6) is 11.5 Å². The molecule has 0 aliphatic carbocycles. The maximum absolute atomic E-state index is 12.9. The molecule has 1 atom stereocenters. The molecule has 2 aromatic heterocycles. The minimum atomic E-state index is -0.250. The van der Waals surface area contributed by atoms with Gasteiger partial charge in [-0.2, -0.15) is 0 Å². The number of aryl methyl sites for hydroxylation is 1. The van der Waals surface area contributed by atoms with Crippen molar-refractivity contribution < 1.29 is 19.4 Å². The molecule has 1 amide bonds. The molecular weight excluding hydrogens is 592 g/mol. The number of fused-ring (bicyclic) bond motifs is 1. The van der Waals surface area contributed by atoms with E-state index in [1.54, 1.807) is 6.08 Å². The van der Waals surface area contributed by atoms with Gasteiger partial charge in [0.25, 0.3) is 6.47 Å². The van der Waals surface area contributed by atoms with Gasteiger partial charge in [-0.15, -0.1) is 0 Å². The summed E-state index contributed by atoms with van der Waals surface area (Å²) < 4.78 is 8.02. The summed E-state index contributed by atoms with van der Waals surface area (Å²) in [6.07, 6.45) is 11.9. The van der Waals surface area contributed by atoms with E-state index in [0.717, 1.165) is 91.3 Å². The molecule has 10 nitrogen and oxygen atoms in total. The van der Waals surface area contributed by atoms with Gasteiger partial charge in [-0.1, -0.05) is 48.7 Å². The molecular formula is C37H42N6O4. The maximum Gasteiger partial charge on any atom is 0.290 e. The van der Waals surface area contributed by atoms with Crippen LogP contribution in [0.25, 0.3) is 22.2 Å². The SMILES string of the molecule is Cn1c(C#CC2CCCN(C(=O)/C=C/CN3CCCCC3)CC2)c(-c2ccc(Oc3ccccc3)cc2)c2c(N)ncnc21.O=CO. The van der Waals surface area contributed by atoms with Gasteiger partial charge in [0, 0.05) is 44.2 Å². The summed E-state index contributed by atoms with van der Waals surface area (Å²) >= 11 is 0. The number of amides is 1. The van der Waals surface area contributed by atoms with Crippen molar-refractivity contribution in [2.75, 3.05) is 38.5 Å². The van der Waals surface area contributed by atoms with Crippen LogP contribution in [0.3, 0.4) is 0 Å². The summed E-state index contributed by atoms with van der Waals surface area (Å²) in [7, 11) is 1.97. The van der Waals surface area contributed by atoms with Gasteiger partial charge in [0.2, 0.25) is 5.91 Å². The third-order valence-corrected chi connectivity index (χ3v) is 8.63. The minimum absolute atomic E-state index is 0.111. The van der Waals surface area contributed by atoms with Gasteiger partial charge >= 0.3 is 0 Å². The monoisotopic (exact) mass is 634 g/mol. The average molecular weight is 635 g/mol. The topological polar surface area (TPSA) is 127 Å². The number of piperidine rings is 1. The molecule has 3 N–H and O–H groups in total. The van der Waals surface area contributed by atoms with E-state index in [1.165, 1.54) is 25.6 Å². The highest BCUT2D eigenvalue weighted by atomic mass is 16.5. The molecule has 4 aromatic rings. The summed E-state index contributed by atoms with van der Waals surface area (Å²) in [6.45, 7) is 4.37. The van der Waals surface area contributed by atoms with E-state index < -0.39 is 0 Å². The van der Waals surface area contributed by atoms with Crippen molar-refractivity contribution in [2.45, 2.75) is 38.5 Å². The van der Waals surface area contributed by atoms with E-state index in [1.807, 2.05) is 77.2 Å². The number of rotatable bonds is 6. The number of nitrogens with zero attached hydrogens (tertiary/aromatic N) is 5. The largest absolute Gasteiger partial charge is 0.483 e. The normalized spacial score (nSPS) is 16.9. The predicted molar refractivity (Wildman–Crippen MR) is 184 cm³/mol. The van der Waals surface area contributed by atoms with Crippen LogP contribution >= 0.6 is 0 Å². The number of hydrogen-bond acceptors (Lipinski definition) is 7. The van der Waals surface area contributed by atoms with Gasteiger partial charge in [0.15, 0.2) is 0 Å². The first-order valence-electron chi connectivity index (χ1n) is 16.2. The Morgan fingerprint density at radius 1 is 0.979 bits per heavy atom. The lowest BCUT2D eigenvalue weighted by molar-refractivity contribution is -0.126. The molecule has 0 saturated carbocycles. The standard InChI is InChI=1S/C36H40N6O2.CH2O2/c1-40-31(19-14-27-10-8-24-42(25-20-27)32(43)13-9-23-41-21-6-3-7-22-41)33(34-35(37)38-26-39-36(34)40)28-15-17-30(18-16-28)44-29-11-4-2-5-12-29;2-1-3/h2,4-5,9,11-13,15-18,26-27H,3,6-8,10,20-25H2,1H3,(H2,37,38,39);1H,(H,2,3)/b13-9+;. The molecule has 2 aliphatic rings. The summed E-state index contributed by atoms with van der Waals surface area (Å²) in [5, 5.41) is 7.69. The van der Waals surface area contributed by atoms with Crippen LogP contribution in [0.1, 0.15) is 44.2 Å². The summed E-state index contributed by atoms with van der Waals surface area (Å²) in [5.41, 5.74) is 9.89. The number of carbonyl (C=O) groups is 2. The van der Waals surface area contributed by atoms with Crippen molar-refractivity contribution in [3.63, 3.8) is 0 Å². The molecule has 2 aliphatic heterocycles. The van der Waals surface area contributed by atoms with Crippen molar-refractivity contribution >= 4 is 29.2 Å². The molecule has 47 heavy (non-hydrogen) atoms. The molecule has 2 saturated heterocycles. The molecule has 4 heterocycles. The number of benzene rings is 2. The first kappa shape index (κ1) is 33.2. The number of carbonyl (C=O) groups excluding carboxylic acids is 1. The number of aromatic nitrogens is 3. The number of nitrogen functional groups attached to an aromatic ring is 1. The van der Waals surface area contributed by atoms with Crippen LogP contribution in [0.4, 0.5) is 5.82 Å². The Balaban J connectivity index is 0.00000139. The lowest BCUT2D eigenvalue weighted by atomic mass is 9.99. The first-order chi connectivity index (χ1) is 23.0. The Kier molecular flexibility index (Phi) is 11.6. The van der Waals surface area contributed by atoms with E-state index >= 15 is 0 Å². The van der Waals surface area contributed by atoms with Crippen LogP contribution < -0.4 is 10.5 Å². The zero-order valence-corrected chi connectivity index (χ0v) is 26.8. The molecule has 0 radical (unpaired) electrons. The van der Waals surface area contributed by atoms with Crippen molar-refractivity contribution in [3.05, 3.63) is 78.8 Å². The number of carboxylic acid groups (broad SMARTS) is 1. The third-order valence-electron chi connectivity index (χ3n) is 8.63. The summed E-state index contributed by atoms with van der Waals surface area (Å²) in [5.74, 6) is 9.31. The van der Waals surface area contributed by atoms with Gasteiger partial charge in [-0.25, -0.2) is 9.97 Å². The van der Waals surface area contributed by atoms with Crippen molar-refractivity contribution in [2.24, 2.45) is 13.0 Å². The Labute approximate surface area is 275 Å². The van der Waals surface area contributed by atoms with E-state index in [2.05, 4.69) is 26.7 Å². The van der Waals surface area contributed by atoms with E-state index in [9.17, 15) is 4.79 Å². The Bertz CT molecular complexity index is 1730. The third kappa shape index (κ3) is 8.57. The van der Waals surface area contributed by atoms with E-state index in [0.29, 0.717) is 5.82 Å². The Hall–Kier alpha value is -5.14. The number of ether oxygens (including phenoxy) is 1. The van der Waals surface area contributed by atoms with Gasteiger partial charge < -0.3 is 25.0 Å². The lowest BCUT2D eigenvalue weighted by Crippen LogP contribution is -2.32. The molecule has 2 fully saturated rings. The van der Waals surface area contributed by atoms with Gasteiger partial charge in [0.05, 0.1) is 5.39 Å². The second kappa shape index (κ2) is 16.4. The zero-order chi connectivity index (χ0) is 33.0. The highest BCUT2D eigenvalue weighted by Gasteiger charge is 2.21. The average Bonchev–Trinajstić information content (AvgIpc) is 3.21. The number of anilines is 1. The van der Waals surface area contributed by atoms with Crippen LogP contribution in [-0.4, -0.2) is 74.5 Å². The van der Waals surface area contributed by atoms with Crippen LogP contribution in [-0.2, 0) is 16.6 Å². The summed E-state index contributed by atoms with van der Waals surface area (Å²) in [4.78, 5) is 34.5. The Morgan fingerprint density at radius 2 is 1.70 bits per heavy atom. The molecule has 2 aromatic carbocycles. The number of likely N-dealkylation sites (tertiary alicyclic amines) is 2. The number of para-hydroxylation sites is 1. The highest BCUT2D eigenvalue weighted by molar-refractivity contribution is 6.03. The van der Waals surface area contributed by atoms with Crippen LogP contribution in [0.15, 0.2) is 73.1 Å². The predicted octanol–water partition coefficient (Wildman–Crippen LogP) is 5.73. The number of nitrogens with two attached hydrogens (primary N) is 1. The zero-order valence-electron chi connectivity index (χ0n) is 26.8. The lowest BCUT2D eigenvalue weighted by Gasteiger charge is -2.25. The van der Waals surface area contributed by atoms with E-state index in [-0.39, 0.29) is 18.3 Å². The van der Waals surface area contributed by atoms with Crippen LogP contribution in [0.2, 0.25) is 0 Å². The second-order valence-corrected chi connectivity index (χ2v) is 11.8. The maximum atomic E-state index is 12.9.